The minimum Gasteiger partial charge on any atom is -0.462 e. The van der Waals surface area contributed by atoms with Crippen molar-refractivity contribution in [1.29, 1.82) is 0 Å². The number of carbonyl (C=O) groups is 3. The summed E-state index contributed by atoms with van der Waals surface area (Å²) in [5.74, 6) is 0.0205. The average molecular weight is 920 g/mol. The van der Waals surface area contributed by atoms with Crippen LogP contribution in [-0.2, 0) is 28.6 Å². The Morgan fingerprint density at radius 2 is 0.508 bits per heavy atom. The lowest BCUT2D eigenvalue weighted by molar-refractivity contribution is -0.167. The Bertz CT molecular complexity index is 980. The fraction of sp³-hybridized carbons (Fsp3) is 0.949. The smallest absolute Gasteiger partial charge is 0.306 e. The van der Waals surface area contributed by atoms with Crippen LogP contribution in [0.3, 0.4) is 0 Å². The van der Waals surface area contributed by atoms with Crippen LogP contribution in [0.2, 0.25) is 0 Å². The van der Waals surface area contributed by atoms with Crippen LogP contribution in [0.1, 0.15) is 336 Å². The second-order valence-electron chi connectivity index (χ2n) is 20.8. The Morgan fingerprint density at radius 3 is 0.754 bits per heavy atom. The molecule has 6 heteroatoms. The molecule has 0 aliphatic heterocycles. The van der Waals surface area contributed by atoms with Crippen molar-refractivity contribution in [1.82, 2.24) is 0 Å². The van der Waals surface area contributed by atoms with Gasteiger partial charge in [0.1, 0.15) is 13.2 Å². The first-order chi connectivity index (χ1) is 31.9. The van der Waals surface area contributed by atoms with Gasteiger partial charge in [0.2, 0.25) is 0 Å². The summed E-state index contributed by atoms with van der Waals surface area (Å²) in [7, 11) is 0. The molecule has 0 bridgehead atoms. The molecule has 0 rings (SSSR count). The standard InChI is InChI=1S/C59H114O6/c1-5-7-9-11-13-15-16-17-18-21-25-28-31-35-39-43-47-51-58(61)64-54-56(53-63-57(60)50-46-42-38-33-14-12-10-8-6-2)65-59(62)52-48-44-40-36-32-29-26-23-20-19-22-24-27-30-34-37-41-45-49-55(3)4/h55-56H,5-54H2,1-4H3/t56-/m0/s1. The van der Waals surface area contributed by atoms with Crippen molar-refractivity contribution in [3.05, 3.63) is 0 Å². The molecule has 0 spiro atoms. The third-order valence-electron chi connectivity index (χ3n) is 13.5. The fourth-order valence-electron chi connectivity index (χ4n) is 9.10. The van der Waals surface area contributed by atoms with E-state index in [2.05, 4.69) is 27.7 Å². The van der Waals surface area contributed by atoms with Gasteiger partial charge in [-0.2, -0.15) is 0 Å². The van der Waals surface area contributed by atoms with Gasteiger partial charge in [0.25, 0.3) is 0 Å². The lowest BCUT2D eigenvalue weighted by Gasteiger charge is -2.18. The highest BCUT2D eigenvalue weighted by molar-refractivity contribution is 5.71. The quantitative estimate of drug-likeness (QED) is 0.0344. The maximum Gasteiger partial charge on any atom is 0.306 e. The molecule has 0 saturated carbocycles. The van der Waals surface area contributed by atoms with Crippen LogP contribution in [0, 0.1) is 5.92 Å². The molecule has 6 nitrogen and oxygen atoms in total. The van der Waals surface area contributed by atoms with Gasteiger partial charge in [-0.05, 0) is 25.2 Å². The summed E-state index contributed by atoms with van der Waals surface area (Å²) in [5, 5.41) is 0. The normalized spacial score (nSPS) is 12.0. The Labute approximate surface area is 406 Å². The molecular formula is C59H114O6. The number of esters is 3. The highest BCUT2D eigenvalue weighted by Gasteiger charge is 2.19. The summed E-state index contributed by atoms with van der Waals surface area (Å²) in [4.78, 5) is 38.0. The third kappa shape index (κ3) is 53.2. The highest BCUT2D eigenvalue weighted by Crippen LogP contribution is 2.18. The predicted octanol–water partition coefficient (Wildman–Crippen LogP) is 19.4. The summed E-state index contributed by atoms with van der Waals surface area (Å²) < 4.78 is 16.9. The number of hydrogen-bond donors (Lipinski definition) is 0. The number of carbonyl (C=O) groups excluding carboxylic acids is 3. The van der Waals surface area contributed by atoms with E-state index < -0.39 is 6.10 Å². The largest absolute Gasteiger partial charge is 0.462 e. The van der Waals surface area contributed by atoms with Crippen molar-refractivity contribution >= 4 is 17.9 Å². The van der Waals surface area contributed by atoms with Crippen molar-refractivity contribution in [2.45, 2.75) is 342 Å². The molecule has 0 amide bonds. The van der Waals surface area contributed by atoms with Crippen molar-refractivity contribution in [3.63, 3.8) is 0 Å². The first-order valence-corrected chi connectivity index (χ1v) is 29.4. The lowest BCUT2D eigenvalue weighted by Crippen LogP contribution is -2.30. The molecule has 65 heavy (non-hydrogen) atoms. The van der Waals surface area contributed by atoms with Crippen molar-refractivity contribution in [2.75, 3.05) is 13.2 Å². The molecule has 0 N–H and O–H groups in total. The van der Waals surface area contributed by atoms with Gasteiger partial charge >= 0.3 is 17.9 Å². The van der Waals surface area contributed by atoms with E-state index in [0.29, 0.717) is 19.3 Å². The van der Waals surface area contributed by atoms with E-state index in [1.54, 1.807) is 0 Å². The molecule has 0 aromatic carbocycles. The Balaban J connectivity index is 4.18. The van der Waals surface area contributed by atoms with Crippen LogP contribution >= 0.6 is 0 Å². The number of rotatable bonds is 54. The minimum atomic E-state index is -0.761. The molecule has 0 aliphatic carbocycles. The molecule has 0 heterocycles. The van der Waals surface area contributed by atoms with E-state index in [4.69, 9.17) is 14.2 Å². The van der Waals surface area contributed by atoms with Crippen molar-refractivity contribution < 1.29 is 28.6 Å². The van der Waals surface area contributed by atoms with Gasteiger partial charge in [-0.25, -0.2) is 0 Å². The van der Waals surface area contributed by atoms with Crippen LogP contribution in [0.15, 0.2) is 0 Å². The molecule has 0 fully saturated rings. The van der Waals surface area contributed by atoms with Gasteiger partial charge in [0.05, 0.1) is 0 Å². The van der Waals surface area contributed by atoms with Gasteiger partial charge in [-0.1, -0.05) is 297 Å². The Kier molecular flexibility index (Phi) is 52.1. The first kappa shape index (κ1) is 63.4. The summed E-state index contributed by atoms with van der Waals surface area (Å²) >= 11 is 0. The summed E-state index contributed by atoms with van der Waals surface area (Å²) in [5.41, 5.74) is 0. The van der Waals surface area contributed by atoms with Gasteiger partial charge in [0, 0.05) is 19.3 Å². The monoisotopic (exact) mass is 919 g/mol. The van der Waals surface area contributed by atoms with Gasteiger partial charge in [-0.15, -0.1) is 0 Å². The second kappa shape index (κ2) is 53.4. The van der Waals surface area contributed by atoms with Crippen LogP contribution in [0.5, 0.6) is 0 Å². The maximum absolute atomic E-state index is 12.8. The zero-order valence-electron chi connectivity index (χ0n) is 44.5. The van der Waals surface area contributed by atoms with Crippen LogP contribution < -0.4 is 0 Å². The second-order valence-corrected chi connectivity index (χ2v) is 20.8. The number of hydrogen-bond acceptors (Lipinski definition) is 6. The zero-order chi connectivity index (χ0) is 47.4. The van der Waals surface area contributed by atoms with Gasteiger partial charge in [-0.3, -0.25) is 14.4 Å². The maximum atomic E-state index is 12.8. The SMILES string of the molecule is CCCCCCCCCCCCCCCCCCCC(=O)OC[C@H](COC(=O)CCCCCCCCCCC)OC(=O)CCCCCCCCCCCCCCCCCCCCC(C)C. The van der Waals surface area contributed by atoms with E-state index in [0.717, 1.165) is 63.7 Å². The van der Waals surface area contributed by atoms with Crippen LogP contribution in [-0.4, -0.2) is 37.2 Å². The molecule has 1 atom stereocenters. The van der Waals surface area contributed by atoms with Crippen LogP contribution in [0.4, 0.5) is 0 Å². The molecule has 0 radical (unpaired) electrons. The predicted molar refractivity (Wildman–Crippen MR) is 280 cm³/mol. The molecule has 0 aromatic rings. The lowest BCUT2D eigenvalue weighted by atomic mass is 10.0. The molecular weight excluding hydrogens is 805 g/mol. The molecule has 0 aliphatic rings. The van der Waals surface area contributed by atoms with Crippen molar-refractivity contribution in [3.8, 4) is 0 Å². The topological polar surface area (TPSA) is 78.9 Å². The molecule has 0 saturated heterocycles. The van der Waals surface area contributed by atoms with Gasteiger partial charge < -0.3 is 14.2 Å². The third-order valence-corrected chi connectivity index (χ3v) is 13.5. The van der Waals surface area contributed by atoms with E-state index in [-0.39, 0.29) is 31.1 Å². The Morgan fingerprint density at radius 1 is 0.292 bits per heavy atom. The molecule has 0 aromatic heterocycles. The summed E-state index contributed by atoms with van der Waals surface area (Å²) in [6.45, 7) is 9.06. The number of unbranched alkanes of at least 4 members (excludes halogenated alkanes) is 41. The minimum absolute atomic E-state index is 0.0619. The van der Waals surface area contributed by atoms with Crippen molar-refractivity contribution in [2.24, 2.45) is 5.92 Å². The summed E-state index contributed by atoms with van der Waals surface area (Å²) in [6, 6.07) is 0. The van der Waals surface area contributed by atoms with Crippen LogP contribution in [0.25, 0.3) is 0 Å². The fourth-order valence-corrected chi connectivity index (χ4v) is 9.10. The van der Waals surface area contributed by atoms with Gasteiger partial charge in [0.15, 0.2) is 6.10 Å². The van der Waals surface area contributed by atoms with E-state index in [1.165, 1.54) is 231 Å². The highest BCUT2D eigenvalue weighted by atomic mass is 16.6. The van der Waals surface area contributed by atoms with E-state index in [1.807, 2.05) is 0 Å². The molecule has 0 unspecified atom stereocenters. The Hall–Kier alpha value is -1.59. The molecule has 386 valence electrons. The summed E-state index contributed by atoms with van der Waals surface area (Å²) in [6.07, 6.45) is 58.2. The average Bonchev–Trinajstić information content (AvgIpc) is 3.29. The van der Waals surface area contributed by atoms with E-state index >= 15 is 0 Å². The first-order valence-electron chi connectivity index (χ1n) is 29.4. The zero-order valence-corrected chi connectivity index (χ0v) is 44.5. The van der Waals surface area contributed by atoms with E-state index in [9.17, 15) is 14.4 Å². The number of ether oxygens (including phenoxy) is 3.